The number of nitrogens with zero attached hydrogens (tertiary/aromatic N) is 6. The molecule has 35 heavy (non-hydrogen) atoms. The topological polar surface area (TPSA) is 87.1 Å². The summed E-state index contributed by atoms with van der Waals surface area (Å²) in [6.45, 7) is 5.40. The molecule has 0 aliphatic carbocycles. The number of carbonyl (C=O) groups is 1. The predicted molar refractivity (Wildman–Crippen MR) is 138 cm³/mol. The van der Waals surface area contributed by atoms with Crippen LogP contribution in [0.4, 0.5) is 5.13 Å². The van der Waals surface area contributed by atoms with Gasteiger partial charge in [0.25, 0.3) is 5.56 Å². The minimum absolute atomic E-state index is 0.126. The second-order valence-corrected chi connectivity index (χ2v) is 9.85. The monoisotopic (exact) mass is 502 g/mol. The van der Waals surface area contributed by atoms with Gasteiger partial charge in [0.15, 0.2) is 10.8 Å². The van der Waals surface area contributed by atoms with E-state index in [1.165, 1.54) is 29.6 Å². The van der Waals surface area contributed by atoms with Gasteiger partial charge in [0.2, 0.25) is 9.93 Å². The summed E-state index contributed by atoms with van der Waals surface area (Å²) >= 11 is 2.55. The number of thiazole rings is 1. The lowest BCUT2D eigenvalue weighted by molar-refractivity contribution is 0.101. The lowest BCUT2D eigenvalue weighted by atomic mass is 10.2. The van der Waals surface area contributed by atoms with Crippen LogP contribution in [0, 0.1) is 13.8 Å². The highest BCUT2D eigenvalue weighted by atomic mass is 32.1. The van der Waals surface area contributed by atoms with Crippen LogP contribution in [0.1, 0.15) is 28.0 Å². The zero-order valence-electron chi connectivity index (χ0n) is 19.6. The third-order valence-corrected chi connectivity index (χ3v) is 7.38. The summed E-state index contributed by atoms with van der Waals surface area (Å²) in [5.74, 6) is -0.126. The molecule has 5 aromatic rings. The average molecular weight is 503 g/mol. The van der Waals surface area contributed by atoms with Crippen molar-refractivity contribution in [2.45, 2.75) is 20.8 Å². The number of rotatable bonds is 5. The Morgan fingerprint density at radius 3 is 2.40 bits per heavy atom. The molecule has 10 heteroatoms. The number of para-hydroxylation sites is 1. The van der Waals surface area contributed by atoms with Gasteiger partial charge < -0.3 is 0 Å². The molecule has 0 unspecified atom stereocenters. The third-order valence-electron chi connectivity index (χ3n) is 5.63. The van der Waals surface area contributed by atoms with E-state index in [0.717, 1.165) is 22.6 Å². The Morgan fingerprint density at radius 2 is 1.71 bits per heavy atom. The molecule has 0 amide bonds. The quantitative estimate of drug-likeness (QED) is 0.329. The van der Waals surface area contributed by atoms with Gasteiger partial charge in [0.1, 0.15) is 0 Å². The highest BCUT2D eigenvalue weighted by Gasteiger charge is 2.20. The SMILES string of the molecule is CC(=O)c1nn(-c2ccc(C)cc2)/c(=N/c2nc(-c3c(C)n(C)n(-c4ccccc4)c3=O)cs2)s1. The maximum Gasteiger partial charge on any atom is 0.281 e. The normalized spacial score (nSPS) is 11.8. The maximum atomic E-state index is 13.4. The number of hydrogen-bond acceptors (Lipinski definition) is 7. The average Bonchev–Trinajstić information content (AvgIpc) is 3.53. The Hall–Kier alpha value is -3.89. The van der Waals surface area contributed by atoms with E-state index in [-0.39, 0.29) is 11.3 Å². The van der Waals surface area contributed by atoms with Gasteiger partial charge in [-0.15, -0.1) is 11.3 Å². The number of Topliss-reactive ketones (excluding diaryl/α,β-unsaturated/α-hetero) is 1. The molecule has 0 aliphatic rings. The summed E-state index contributed by atoms with van der Waals surface area (Å²) in [5, 5.41) is 7.14. The van der Waals surface area contributed by atoms with Crippen LogP contribution in [-0.4, -0.2) is 29.9 Å². The zero-order valence-corrected chi connectivity index (χ0v) is 21.2. The first-order valence-corrected chi connectivity index (χ1v) is 12.6. The molecule has 3 aromatic heterocycles. The van der Waals surface area contributed by atoms with Crippen LogP contribution in [0.25, 0.3) is 22.6 Å². The van der Waals surface area contributed by atoms with Crippen molar-refractivity contribution in [1.82, 2.24) is 24.1 Å². The van der Waals surface area contributed by atoms with Crippen molar-refractivity contribution in [2.24, 2.45) is 12.0 Å². The van der Waals surface area contributed by atoms with Crippen LogP contribution >= 0.6 is 22.7 Å². The van der Waals surface area contributed by atoms with Crippen molar-refractivity contribution >= 4 is 33.6 Å². The van der Waals surface area contributed by atoms with E-state index in [0.29, 0.717) is 26.2 Å². The summed E-state index contributed by atoms with van der Waals surface area (Å²) in [4.78, 5) is 35.2. The van der Waals surface area contributed by atoms with Crippen LogP contribution in [0.3, 0.4) is 0 Å². The minimum Gasteiger partial charge on any atom is -0.292 e. The summed E-state index contributed by atoms with van der Waals surface area (Å²) in [7, 11) is 1.86. The Balaban J connectivity index is 1.60. The fraction of sp³-hybridized carbons (Fsp3) is 0.160. The van der Waals surface area contributed by atoms with Crippen LogP contribution < -0.4 is 10.4 Å². The number of aryl methyl sites for hydroxylation is 1. The number of carbonyl (C=O) groups excluding carboxylic acids is 1. The summed E-state index contributed by atoms with van der Waals surface area (Å²) < 4.78 is 5.11. The van der Waals surface area contributed by atoms with Gasteiger partial charge in [-0.3, -0.25) is 14.3 Å². The van der Waals surface area contributed by atoms with Crippen molar-refractivity contribution in [1.29, 1.82) is 0 Å². The molecular formula is C25H22N6O2S2. The molecule has 3 heterocycles. The van der Waals surface area contributed by atoms with Crippen LogP contribution in [0.15, 0.2) is 69.8 Å². The molecule has 0 N–H and O–H groups in total. The Kier molecular flexibility index (Phi) is 5.91. The summed E-state index contributed by atoms with van der Waals surface area (Å²) in [6, 6.07) is 17.3. The van der Waals surface area contributed by atoms with E-state index in [9.17, 15) is 9.59 Å². The van der Waals surface area contributed by atoms with Crippen molar-refractivity contribution in [3.8, 4) is 22.6 Å². The third kappa shape index (κ3) is 4.22. The molecule has 0 atom stereocenters. The first-order valence-electron chi connectivity index (χ1n) is 10.9. The van der Waals surface area contributed by atoms with Crippen LogP contribution in [0.2, 0.25) is 0 Å². The maximum absolute atomic E-state index is 13.4. The second-order valence-electron chi connectivity index (χ2n) is 8.06. The largest absolute Gasteiger partial charge is 0.292 e. The molecule has 0 saturated heterocycles. The van der Waals surface area contributed by atoms with Gasteiger partial charge in [-0.25, -0.2) is 14.3 Å². The lowest BCUT2D eigenvalue weighted by Crippen LogP contribution is -2.20. The van der Waals surface area contributed by atoms with E-state index in [2.05, 4.69) is 10.1 Å². The first-order chi connectivity index (χ1) is 16.8. The highest BCUT2D eigenvalue weighted by Crippen LogP contribution is 2.27. The molecule has 0 saturated carbocycles. The summed E-state index contributed by atoms with van der Waals surface area (Å²) in [5.41, 5.74) is 4.49. The molecule has 0 bridgehead atoms. The summed E-state index contributed by atoms with van der Waals surface area (Å²) in [6.07, 6.45) is 0. The number of benzene rings is 2. The van der Waals surface area contributed by atoms with Gasteiger partial charge in [-0.1, -0.05) is 47.2 Å². The molecule has 2 aromatic carbocycles. The van der Waals surface area contributed by atoms with Crippen LogP contribution in [-0.2, 0) is 7.05 Å². The van der Waals surface area contributed by atoms with E-state index in [4.69, 9.17) is 4.99 Å². The Bertz CT molecular complexity index is 1670. The smallest absolute Gasteiger partial charge is 0.281 e. The number of ketones is 1. The number of aromatic nitrogens is 5. The van der Waals surface area contributed by atoms with Gasteiger partial charge in [-0.05, 0) is 38.1 Å². The molecule has 8 nitrogen and oxygen atoms in total. The molecule has 0 spiro atoms. The highest BCUT2D eigenvalue weighted by molar-refractivity contribution is 7.14. The van der Waals surface area contributed by atoms with Crippen molar-refractivity contribution in [3.63, 3.8) is 0 Å². The Labute approximate surface area is 209 Å². The standard InChI is InChI=1S/C25H22N6O2S2/c1-15-10-12-18(13-11-15)30-25(35-22(28-30)17(3)32)27-24-26-20(14-34-24)21-16(2)29(4)31(23(21)33)19-8-6-5-7-9-19/h5-14H,1-4H3/b27-25-. The molecule has 5 rings (SSSR count). The zero-order chi connectivity index (χ0) is 24.7. The molecule has 0 aliphatic heterocycles. The number of hydrogen-bond donors (Lipinski definition) is 0. The van der Waals surface area contributed by atoms with Gasteiger partial charge in [0, 0.05) is 25.0 Å². The fourth-order valence-electron chi connectivity index (χ4n) is 3.73. The van der Waals surface area contributed by atoms with Gasteiger partial charge in [0.05, 0.1) is 22.6 Å². The van der Waals surface area contributed by atoms with Gasteiger partial charge in [-0.2, -0.15) is 10.1 Å². The van der Waals surface area contributed by atoms with Crippen molar-refractivity contribution < 1.29 is 4.79 Å². The fourth-order valence-corrected chi connectivity index (χ4v) is 5.27. The van der Waals surface area contributed by atoms with Crippen molar-refractivity contribution in [3.05, 3.63) is 91.4 Å². The lowest BCUT2D eigenvalue weighted by Gasteiger charge is -2.07. The van der Waals surface area contributed by atoms with E-state index < -0.39 is 0 Å². The van der Waals surface area contributed by atoms with E-state index >= 15 is 0 Å². The van der Waals surface area contributed by atoms with E-state index in [1.54, 1.807) is 9.36 Å². The Morgan fingerprint density at radius 1 is 1.00 bits per heavy atom. The minimum atomic E-state index is -0.139. The first kappa shape index (κ1) is 22.9. The molecule has 0 radical (unpaired) electrons. The molecular weight excluding hydrogens is 480 g/mol. The molecule has 0 fully saturated rings. The van der Waals surface area contributed by atoms with Crippen molar-refractivity contribution in [2.75, 3.05) is 0 Å². The second kappa shape index (κ2) is 9.05. The predicted octanol–water partition coefficient (Wildman–Crippen LogP) is 4.60. The van der Waals surface area contributed by atoms with E-state index in [1.807, 2.05) is 85.6 Å². The van der Waals surface area contributed by atoms with Gasteiger partial charge >= 0.3 is 0 Å². The molecule has 176 valence electrons. The van der Waals surface area contributed by atoms with Crippen LogP contribution in [0.5, 0.6) is 0 Å².